The van der Waals surface area contributed by atoms with Gasteiger partial charge >= 0.3 is 0 Å². The molecule has 2 aromatic rings. The van der Waals surface area contributed by atoms with E-state index < -0.39 is 0 Å². The van der Waals surface area contributed by atoms with Crippen LogP contribution in [0, 0.1) is 5.92 Å². The maximum atomic E-state index is 12.8. The molecule has 2 fully saturated rings. The number of anilines is 2. The molecule has 2 aliphatic heterocycles. The molecule has 7 heteroatoms. The molecule has 1 atom stereocenters. The molecule has 1 N–H and O–H groups in total. The Morgan fingerprint density at radius 2 is 1.93 bits per heavy atom. The normalized spacial score (nSPS) is 19.2. The van der Waals surface area contributed by atoms with E-state index in [9.17, 15) is 9.59 Å². The molecular weight excluding hydrogens is 380 g/mol. The van der Waals surface area contributed by atoms with Crippen molar-refractivity contribution in [2.75, 3.05) is 42.6 Å². The summed E-state index contributed by atoms with van der Waals surface area (Å²) >= 11 is 0. The van der Waals surface area contributed by atoms with Gasteiger partial charge in [-0.05, 0) is 24.1 Å². The van der Waals surface area contributed by atoms with Crippen molar-refractivity contribution < 1.29 is 14.3 Å². The van der Waals surface area contributed by atoms with Gasteiger partial charge in [-0.3, -0.25) is 9.59 Å². The van der Waals surface area contributed by atoms with E-state index in [2.05, 4.69) is 22.1 Å². The minimum Gasteiger partial charge on any atom is -0.378 e. The summed E-state index contributed by atoms with van der Waals surface area (Å²) in [6, 6.07) is 11.8. The van der Waals surface area contributed by atoms with Crippen molar-refractivity contribution in [3.63, 3.8) is 0 Å². The number of benzene rings is 1. The first-order chi connectivity index (χ1) is 14.7. The SMILES string of the molecule is CCc1ccccc1N1CC(C(=O)NCc2cccnc2N2CCOCC2)CC1=O. The van der Waals surface area contributed by atoms with Crippen LogP contribution in [0.4, 0.5) is 11.5 Å². The average molecular weight is 409 g/mol. The second-order valence-electron chi connectivity index (χ2n) is 7.69. The summed E-state index contributed by atoms with van der Waals surface area (Å²) in [6.07, 6.45) is 2.87. The van der Waals surface area contributed by atoms with Crippen molar-refractivity contribution >= 4 is 23.3 Å². The Kier molecular flexibility index (Phi) is 6.28. The van der Waals surface area contributed by atoms with Crippen molar-refractivity contribution in [2.45, 2.75) is 26.3 Å². The summed E-state index contributed by atoms with van der Waals surface area (Å²) < 4.78 is 5.42. The fraction of sp³-hybridized carbons (Fsp3) is 0.435. The molecule has 1 aromatic carbocycles. The number of hydrogen-bond donors (Lipinski definition) is 1. The van der Waals surface area contributed by atoms with E-state index in [0.717, 1.165) is 42.1 Å². The lowest BCUT2D eigenvalue weighted by atomic mass is 10.1. The highest BCUT2D eigenvalue weighted by Crippen LogP contribution is 2.28. The molecule has 30 heavy (non-hydrogen) atoms. The van der Waals surface area contributed by atoms with Crippen molar-refractivity contribution in [1.29, 1.82) is 0 Å². The molecule has 2 saturated heterocycles. The first-order valence-corrected chi connectivity index (χ1v) is 10.6. The highest BCUT2D eigenvalue weighted by atomic mass is 16.5. The third-order valence-electron chi connectivity index (χ3n) is 5.79. The van der Waals surface area contributed by atoms with Crippen LogP contribution in [-0.2, 0) is 27.3 Å². The van der Waals surface area contributed by atoms with E-state index in [-0.39, 0.29) is 24.2 Å². The predicted octanol–water partition coefficient (Wildman–Crippen LogP) is 2.15. The van der Waals surface area contributed by atoms with E-state index in [0.29, 0.717) is 26.3 Å². The molecule has 0 aliphatic carbocycles. The quantitative estimate of drug-likeness (QED) is 0.793. The Bertz CT molecular complexity index is 911. The molecule has 0 saturated carbocycles. The molecule has 1 aromatic heterocycles. The summed E-state index contributed by atoms with van der Waals surface area (Å²) in [4.78, 5) is 33.9. The zero-order valence-corrected chi connectivity index (χ0v) is 17.3. The summed E-state index contributed by atoms with van der Waals surface area (Å²) in [6.45, 7) is 5.84. The smallest absolute Gasteiger partial charge is 0.227 e. The summed E-state index contributed by atoms with van der Waals surface area (Å²) in [5.74, 6) is 0.469. The number of amides is 2. The molecule has 2 aliphatic rings. The van der Waals surface area contributed by atoms with Gasteiger partial charge in [0.05, 0.1) is 19.1 Å². The Labute approximate surface area is 177 Å². The van der Waals surface area contributed by atoms with Gasteiger partial charge in [-0.15, -0.1) is 0 Å². The van der Waals surface area contributed by atoms with Crippen molar-refractivity contribution in [3.8, 4) is 0 Å². The molecule has 1 unspecified atom stereocenters. The van der Waals surface area contributed by atoms with Crippen molar-refractivity contribution in [2.24, 2.45) is 5.92 Å². The maximum Gasteiger partial charge on any atom is 0.227 e. The van der Waals surface area contributed by atoms with Crippen LogP contribution in [0.5, 0.6) is 0 Å². The first kappa shape index (κ1) is 20.3. The van der Waals surface area contributed by atoms with Gasteiger partial charge in [0.1, 0.15) is 5.82 Å². The number of para-hydroxylation sites is 1. The highest BCUT2D eigenvalue weighted by Gasteiger charge is 2.35. The number of carbonyl (C=O) groups excluding carboxylic acids is 2. The van der Waals surface area contributed by atoms with Gasteiger partial charge in [0.25, 0.3) is 0 Å². The zero-order valence-electron chi connectivity index (χ0n) is 17.3. The topological polar surface area (TPSA) is 74.8 Å². The van der Waals surface area contributed by atoms with Gasteiger partial charge in [-0.2, -0.15) is 0 Å². The minimum absolute atomic E-state index is 0.00596. The van der Waals surface area contributed by atoms with E-state index in [1.54, 1.807) is 11.1 Å². The first-order valence-electron chi connectivity index (χ1n) is 10.6. The lowest BCUT2D eigenvalue weighted by Crippen LogP contribution is -2.38. The standard InChI is InChI=1S/C23H28N4O3/c1-2-17-6-3-4-8-20(17)27-16-19(14-21(27)28)23(29)25-15-18-7-5-9-24-22(18)26-10-12-30-13-11-26/h3-9,19H,2,10-16H2,1H3,(H,25,29). The summed E-state index contributed by atoms with van der Waals surface area (Å²) in [5.41, 5.74) is 3.02. The minimum atomic E-state index is -0.342. The third-order valence-corrected chi connectivity index (χ3v) is 5.79. The molecule has 4 rings (SSSR count). The fourth-order valence-electron chi connectivity index (χ4n) is 4.14. The lowest BCUT2D eigenvalue weighted by Gasteiger charge is -2.29. The average Bonchev–Trinajstić information content (AvgIpc) is 3.19. The summed E-state index contributed by atoms with van der Waals surface area (Å²) in [7, 11) is 0. The number of hydrogen-bond acceptors (Lipinski definition) is 5. The molecule has 2 amide bonds. The number of nitrogens with one attached hydrogen (secondary N) is 1. The predicted molar refractivity (Wildman–Crippen MR) is 115 cm³/mol. The third kappa shape index (κ3) is 4.31. The zero-order chi connectivity index (χ0) is 20.9. The number of pyridine rings is 1. The van der Waals surface area contributed by atoms with Gasteiger partial charge in [0.15, 0.2) is 0 Å². The van der Waals surface area contributed by atoms with Crippen LogP contribution >= 0.6 is 0 Å². The molecule has 7 nitrogen and oxygen atoms in total. The van der Waals surface area contributed by atoms with Crippen LogP contribution in [0.15, 0.2) is 42.6 Å². The molecule has 0 spiro atoms. The van der Waals surface area contributed by atoms with Gasteiger partial charge in [-0.25, -0.2) is 4.98 Å². The van der Waals surface area contributed by atoms with E-state index >= 15 is 0 Å². The monoisotopic (exact) mass is 408 g/mol. The molecule has 3 heterocycles. The van der Waals surface area contributed by atoms with Gasteiger partial charge < -0.3 is 19.9 Å². The van der Waals surface area contributed by atoms with E-state index in [4.69, 9.17) is 4.74 Å². The van der Waals surface area contributed by atoms with Crippen molar-refractivity contribution in [1.82, 2.24) is 10.3 Å². The van der Waals surface area contributed by atoms with Crippen LogP contribution in [0.25, 0.3) is 0 Å². The molecule has 158 valence electrons. The Morgan fingerprint density at radius 1 is 1.17 bits per heavy atom. The van der Waals surface area contributed by atoms with Crippen LogP contribution in [0.3, 0.4) is 0 Å². The Hall–Kier alpha value is -2.93. The highest BCUT2D eigenvalue weighted by molar-refractivity contribution is 6.00. The van der Waals surface area contributed by atoms with Gasteiger partial charge in [0.2, 0.25) is 11.8 Å². The van der Waals surface area contributed by atoms with Crippen LogP contribution in [-0.4, -0.2) is 49.6 Å². The number of aryl methyl sites for hydroxylation is 1. The number of rotatable bonds is 6. The second-order valence-corrected chi connectivity index (χ2v) is 7.69. The number of aromatic nitrogens is 1. The molecular formula is C23H28N4O3. The summed E-state index contributed by atoms with van der Waals surface area (Å²) in [5, 5.41) is 3.03. The number of carbonyl (C=O) groups is 2. The number of ether oxygens (including phenoxy) is 1. The van der Waals surface area contributed by atoms with Crippen molar-refractivity contribution in [3.05, 3.63) is 53.7 Å². The van der Waals surface area contributed by atoms with Gasteiger partial charge in [0, 0.05) is 50.0 Å². The lowest BCUT2D eigenvalue weighted by molar-refractivity contribution is -0.126. The van der Waals surface area contributed by atoms with Crippen LogP contribution < -0.4 is 15.1 Å². The Balaban J connectivity index is 1.40. The fourth-order valence-corrected chi connectivity index (χ4v) is 4.14. The molecule has 0 bridgehead atoms. The van der Waals surface area contributed by atoms with Crippen LogP contribution in [0.1, 0.15) is 24.5 Å². The maximum absolute atomic E-state index is 12.8. The largest absolute Gasteiger partial charge is 0.378 e. The van der Waals surface area contributed by atoms with Gasteiger partial charge in [-0.1, -0.05) is 31.2 Å². The molecule has 0 radical (unpaired) electrons. The van der Waals surface area contributed by atoms with E-state index in [1.807, 2.05) is 36.4 Å². The Morgan fingerprint density at radius 3 is 2.73 bits per heavy atom. The second kappa shape index (κ2) is 9.26. The van der Waals surface area contributed by atoms with E-state index in [1.165, 1.54) is 0 Å². The number of morpholine rings is 1. The van der Waals surface area contributed by atoms with Crippen LogP contribution in [0.2, 0.25) is 0 Å². The number of nitrogens with zero attached hydrogens (tertiary/aromatic N) is 3.